The lowest BCUT2D eigenvalue weighted by molar-refractivity contribution is -0.140. The van der Waals surface area contributed by atoms with Gasteiger partial charge in [-0.3, -0.25) is 34.9 Å². The summed E-state index contributed by atoms with van der Waals surface area (Å²) in [5.41, 5.74) is 7.62. The standard InChI is InChI=1S/C28H20Cl3N3O4/c29-20-12-6-1-7-15(20)24(36)33-32-21(35)13-14-34-25(37)22-23(26(34)38)28(31)17-9-3-2-8-16(17)27(22,30)18-10-4-5-11-19(18)28/h1-12,22-23H,13-14H2,(H,32,35)(H,33,36)/t22-,23+,27?,28?. The van der Waals surface area contributed by atoms with Gasteiger partial charge in [-0.2, -0.15) is 0 Å². The van der Waals surface area contributed by atoms with Crippen molar-refractivity contribution in [2.45, 2.75) is 16.2 Å². The van der Waals surface area contributed by atoms with Crippen LogP contribution < -0.4 is 10.9 Å². The summed E-state index contributed by atoms with van der Waals surface area (Å²) in [7, 11) is 0. The van der Waals surface area contributed by atoms with Crippen LogP contribution in [-0.4, -0.2) is 35.1 Å². The Bertz CT molecular complexity index is 1420. The highest BCUT2D eigenvalue weighted by Gasteiger charge is 2.72. The normalized spacial score (nSPS) is 26.4. The van der Waals surface area contributed by atoms with Crippen molar-refractivity contribution in [3.63, 3.8) is 0 Å². The summed E-state index contributed by atoms with van der Waals surface area (Å²) < 4.78 is 0. The van der Waals surface area contributed by atoms with Crippen LogP contribution in [0.2, 0.25) is 5.02 Å². The summed E-state index contributed by atoms with van der Waals surface area (Å²) in [5, 5.41) is 0.233. The van der Waals surface area contributed by atoms with Crippen LogP contribution in [0.15, 0.2) is 72.8 Å². The number of nitrogens with zero attached hydrogens (tertiary/aromatic N) is 1. The largest absolute Gasteiger partial charge is 0.281 e. The topological polar surface area (TPSA) is 95.6 Å². The fourth-order valence-corrected chi connectivity index (χ4v) is 7.38. The lowest BCUT2D eigenvalue weighted by Crippen LogP contribution is -2.57. The average molecular weight is 569 g/mol. The van der Waals surface area contributed by atoms with Gasteiger partial charge < -0.3 is 0 Å². The van der Waals surface area contributed by atoms with Crippen molar-refractivity contribution >= 4 is 58.4 Å². The van der Waals surface area contributed by atoms with Gasteiger partial charge in [0, 0.05) is 13.0 Å². The molecular formula is C28H20Cl3N3O4. The van der Waals surface area contributed by atoms with Crippen LogP contribution in [0.1, 0.15) is 39.0 Å². The van der Waals surface area contributed by atoms with Gasteiger partial charge in [-0.15, -0.1) is 23.2 Å². The van der Waals surface area contributed by atoms with E-state index in [2.05, 4.69) is 10.9 Å². The van der Waals surface area contributed by atoms with Gasteiger partial charge >= 0.3 is 0 Å². The van der Waals surface area contributed by atoms with Gasteiger partial charge in [0.15, 0.2) is 0 Å². The molecule has 1 heterocycles. The summed E-state index contributed by atoms with van der Waals surface area (Å²) >= 11 is 20.8. The molecule has 7 rings (SSSR count). The van der Waals surface area contributed by atoms with Crippen molar-refractivity contribution in [1.29, 1.82) is 0 Å². The third-order valence-electron chi connectivity index (χ3n) is 7.67. The molecule has 192 valence electrons. The van der Waals surface area contributed by atoms with Crippen LogP contribution in [0.3, 0.4) is 0 Å². The predicted octanol–water partition coefficient (Wildman–Crippen LogP) is 4.08. The van der Waals surface area contributed by atoms with Crippen LogP contribution in [0.4, 0.5) is 0 Å². The smallest absolute Gasteiger partial charge is 0.271 e. The first kappa shape index (κ1) is 24.9. The molecule has 0 unspecified atom stereocenters. The Labute approximate surface area is 233 Å². The van der Waals surface area contributed by atoms with Crippen molar-refractivity contribution < 1.29 is 19.2 Å². The Morgan fingerprint density at radius 1 is 0.737 bits per heavy atom. The van der Waals surface area contributed by atoms with Gasteiger partial charge in [0.05, 0.1) is 22.4 Å². The Hall–Kier alpha value is -3.39. The molecule has 0 spiro atoms. The van der Waals surface area contributed by atoms with E-state index < -0.39 is 45.2 Å². The van der Waals surface area contributed by atoms with Gasteiger partial charge in [-0.05, 0) is 34.4 Å². The zero-order chi connectivity index (χ0) is 26.8. The van der Waals surface area contributed by atoms with E-state index in [1.54, 1.807) is 18.2 Å². The third kappa shape index (κ3) is 3.28. The lowest BCUT2D eigenvalue weighted by Gasteiger charge is -2.54. The van der Waals surface area contributed by atoms with E-state index in [4.69, 9.17) is 34.8 Å². The summed E-state index contributed by atoms with van der Waals surface area (Å²) in [6.07, 6.45) is -0.232. The number of hydrogen-bond donors (Lipinski definition) is 2. The number of nitrogens with one attached hydrogen (secondary N) is 2. The third-order valence-corrected chi connectivity index (χ3v) is 9.29. The second kappa shape index (κ2) is 8.83. The molecule has 2 atom stereocenters. The number of alkyl halides is 2. The number of hydrogen-bond acceptors (Lipinski definition) is 4. The number of carbonyl (C=O) groups excluding carboxylic acids is 4. The zero-order valence-electron chi connectivity index (χ0n) is 19.7. The van der Waals surface area contributed by atoms with E-state index in [-0.39, 0.29) is 23.6 Å². The molecule has 4 amide bonds. The highest BCUT2D eigenvalue weighted by Crippen LogP contribution is 2.69. The summed E-state index contributed by atoms with van der Waals surface area (Å²) in [5.74, 6) is -3.99. The van der Waals surface area contributed by atoms with Gasteiger partial charge in [0.1, 0.15) is 9.75 Å². The summed E-state index contributed by atoms with van der Waals surface area (Å²) in [6, 6.07) is 21.1. The lowest BCUT2D eigenvalue weighted by atomic mass is 9.54. The van der Waals surface area contributed by atoms with Crippen molar-refractivity contribution in [3.05, 3.63) is 106 Å². The minimum atomic E-state index is -1.28. The van der Waals surface area contributed by atoms with Crippen molar-refractivity contribution in [1.82, 2.24) is 15.8 Å². The number of amides is 4. The molecule has 7 nitrogen and oxygen atoms in total. The molecule has 0 saturated carbocycles. The molecule has 1 fully saturated rings. The van der Waals surface area contributed by atoms with Crippen LogP contribution in [0.5, 0.6) is 0 Å². The summed E-state index contributed by atoms with van der Waals surface area (Å²) in [6.45, 7) is -0.189. The van der Waals surface area contributed by atoms with Crippen LogP contribution >= 0.6 is 34.8 Å². The van der Waals surface area contributed by atoms with E-state index in [0.29, 0.717) is 22.3 Å². The Morgan fingerprint density at radius 3 is 1.66 bits per heavy atom. The quantitative estimate of drug-likeness (QED) is 0.282. The number of rotatable bonds is 4. The Kier molecular flexibility index (Phi) is 5.79. The van der Waals surface area contributed by atoms with Gasteiger partial charge in [-0.25, -0.2) is 0 Å². The van der Waals surface area contributed by atoms with Crippen molar-refractivity contribution in [2.75, 3.05) is 6.54 Å². The number of halogens is 3. The monoisotopic (exact) mass is 567 g/mol. The highest BCUT2D eigenvalue weighted by molar-refractivity contribution is 6.36. The van der Waals surface area contributed by atoms with E-state index in [0.717, 1.165) is 4.90 Å². The van der Waals surface area contributed by atoms with E-state index in [1.165, 1.54) is 6.07 Å². The Morgan fingerprint density at radius 2 is 1.18 bits per heavy atom. The van der Waals surface area contributed by atoms with E-state index >= 15 is 0 Å². The van der Waals surface area contributed by atoms with Gasteiger partial charge in [-0.1, -0.05) is 72.3 Å². The van der Waals surface area contributed by atoms with Crippen LogP contribution in [0, 0.1) is 11.8 Å². The molecule has 0 radical (unpaired) electrons. The first-order chi connectivity index (χ1) is 18.2. The van der Waals surface area contributed by atoms with Crippen LogP contribution in [0.25, 0.3) is 0 Å². The molecule has 38 heavy (non-hydrogen) atoms. The highest BCUT2D eigenvalue weighted by atomic mass is 35.5. The second-order valence-electron chi connectivity index (χ2n) is 9.53. The Balaban J connectivity index is 1.24. The first-order valence-corrected chi connectivity index (χ1v) is 13.1. The van der Waals surface area contributed by atoms with Crippen molar-refractivity contribution in [3.8, 4) is 0 Å². The maximum atomic E-state index is 13.8. The molecule has 3 aliphatic carbocycles. The molecular weight excluding hydrogens is 549 g/mol. The predicted molar refractivity (Wildman–Crippen MR) is 142 cm³/mol. The molecule has 1 saturated heterocycles. The number of benzene rings is 3. The molecule has 3 aromatic rings. The number of imide groups is 1. The molecule has 2 bridgehead atoms. The van der Waals surface area contributed by atoms with Crippen LogP contribution in [-0.2, 0) is 24.1 Å². The van der Waals surface area contributed by atoms with Gasteiger partial charge in [0.2, 0.25) is 17.7 Å². The molecule has 2 N–H and O–H groups in total. The molecule has 4 aliphatic rings. The SMILES string of the molecule is O=C(CCN1C(=O)[C@@H]2[C@H](C1=O)C1(Cl)c3ccccc3C2(Cl)c2ccccc21)NNC(=O)c1ccccc1Cl. The van der Waals surface area contributed by atoms with Crippen molar-refractivity contribution in [2.24, 2.45) is 11.8 Å². The van der Waals surface area contributed by atoms with E-state index in [9.17, 15) is 19.2 Å². The molecule has 0 aromatic heterocycles. The maximum absolute atomic E-state index is 13.8. The van der Waals surface area contributed by atoms with E-state index in [1.807, 2.05) is 48.5 Å². The second-order valence-corrected chi connectivity index (χ2v) is 11.1. The molecule has 1 aliphatic heterocycles. The zero-order valence-corrected chi connectivity index (χ0v) is 22.0. The maximum Gasteiger partial charge on any atom is 0.271 e. The minimum Gasteiger partial charge on any atom is -0.281 e. The number of hydrazine groups is 1. The fourth-order valence-electron chi connectivity index (χ4n) is 6.06. The number of likely N-dealkylation sites (tertiary alicyclic amines) is 1. The molecule has 10 heteroatoms. The van der Waals surface area contributed by atoms with Gasteiger partial charge in [0.25, 0.3) is 5.91 Å². The fraction of sp³-hybridized carbons (Fsp3) is 0.214. The molecule has 3 aromatic carbocycles. The summed E-state index contributed by atoms with van der Waals surface area (Å²) in [4.78, 5) is 50.8. The minimum absolute atomic E-state index is 0.189. The average Bonchev–Trinajstić information content (AvgIpc) is 3.19. The number of carbonyl (C=O) groups is 4. The first-order valence-electron chi connectivity index (χ1n) is 12.0.